The Bertz CT molecular complexity index is 124. The van der Waals surface area contributed by atoms with Gasteiger partial charge in [-0.25, -0.2) is 0 Å². The maximum atomic E-state index is 9.00. The molecule has 0 unspecified atom stereocenters. The Kier molecular flexibility index (Phi) is 25.4. The molecule has 0 fully saturated rings. The fourth-order valence-electron chi connectivity index (χ4n) is 0.479. The Morgan fingerprint density at radius 1 is 0.933 bits per heavy atom. The van der Waals surface area contributed by atoms with E-state index in [0.717, 1.165) is 13.8 Å². The van der Waals surface area contributed by atoms with Gasteiger partial charge in [-0.05, 0) is 0 Å². The van der Waals surface area contributed by atoms with E-state index >= 15 is 0 Å². The normalized spacial score (nSPS) is 7.73. The van der Waals surface area contributed by atoms with Crippen LogP contribution in [-0.2, 0) is 9.59 Å². The van der Waals surface area contributed by atoms with Gasteiger partial charge in [0.25, 0.3) is 11.9 Å². The summed E-state index contributed by atoms with van der Waals surface area (Å²) in [7, 11) is 0. The molecular formula is C10H22GeO4. The molecule has 0 aliphatic carbocycles. The maximum absolute atomic E-state index is 9.00. The summed E-state index contributed by atoms with van der Waals surface area (Å²) < 4.78 is 0. The monoisotopic (exact) mass is 280 g/mol. The van der Waals surface area contributed by atoms with Crippen molar-refractivity contribution in [2.75, 3.05) is 0 Å². The van der Waals surface area contributed by atoms with Crippen molar-refractivity contribution in [1.82, 2.24) is 0 Å². The van der Waals surface area contributed by atoms with Gasteiger partial charge in [-0.3, -0.25) is 9.59 Å². The predicted octanol–water partition coefficient (Wildman–Crippen LogP) is 2.53. The molecule has 0 rings (SSSR count). The van der Waals surface area contributed by atoms with Crippen LogP contribution in [0.2, 0.25) is 10.5 Å². The Balaban J connectivity index is -0.000000155. The first kappa shape index (κ1) is 20.0. The zero-order valence-electron chi connectivity index (χ0n) is 10.0. The second-order valence-corrected chi connectivity index (χ2v) is 5.94. The second kappa shape index (κ2) is 19.1. The molecule has 90 valence electrons. The van der Waals surface area contributed by atoms with Gasteiger partial charge < -0.3 is 10.2 Å². The van der Waals surface area contributed by atoms with Gasteiger partial charge >= 0.3 is 52.6 Å². The summed E-state index contributed by atoms with van der Waals surface area (Å²) >= 11 is 0.514. The summed E-state index contributed by atoms with van der Waals surface area (Å²) in [6, 6.07) is 0. The van der Waals surface area contributed by atoms with Crippen molar-refractivity contribution >= 4 is 27.4 Å². The van der Waals surface area contributed by atoms with Crippen molar-refractivity contribution in [3.63, 3.8) is 0 Å². The van der Waals surface area contributed by atoms with Crippen LogP contribution < -0.4 is 0 Å². The van der Waals surface area contributed by atoms with Crippen molar-refractivity contribution in [2.24, 2.45) is 0 Å². The molecule has 0 spiro atoms. The number of carboxylic acid groups (broad SMARTS) is 2. The molecule has 0 bridgehead atoms. The van der Waals surface area contributed by atoms with E-state index in [-0.39, 0.29) is 0 Å². The third kappa shape index (κ3) is 147. The zero-order valence-corrected chi connectivity index (χ0v) is 12.1. The van der Waals surface area contributed by atoms with Gasteiger partial charge in [0.05, 0.1) is 0 Å². The van der Waals surface area contributed by atoms with E-state index in [1.807, 2.05) is 0 Å². The third-order valence-electron chi connectivity index (χ3n) is 0.854. The molecule has 0 aromatic carbocycles. The van der Waals surface area contributed by atoms with Crippen molar-refractivity contribution in [3.05, 3.63) is 0 Å². The number of hydrogen-bond donors (Lipinski definition) is 2. The Morgan fingerprint density at radius 3 is 1.27 bits per heavy atom. The molecule has 0 aliphatic rings. The standard InChI is InChI=1S/C6H14Ge.2C2H4O2/c1-3-5-7-6-4-2;2*1-2(3)4/h3-6H2,1-2H3;2*1H3,(H,3,4). The summed E-state index contributed by atoms with van der Waals surface area (Å²) in [6.45, 7) is 6.72. The average molecular weight is 279 g/mol. The minimum absolute atomic E-state index is 0.514. The van der Waals surface area contributed by atoms with Gasteiger partial charge in [0.2, 0.25) is 0 Å². The molecule has 15 heavy (non-hydrogen) atoms. The molecule has 2 radical (unpaired) electrons. The van der Waals surface area contributed by atoms with Crippen LogP contribution in [0.4, 0.5) is 0 Å². The molecule has 0 aromatic heterocycles. The predicted molar refractivity (Wildman–Crippen MR) is 62.6 cm³/mol. The van der Waals surface area contributed by atoms with Gasteiger partial charge in [0.15, 0.2) is 0 Å². The zero-order chi connectivity index (χ0) is 12.7. The first-order chi connectivity index (χ1) is 6.88. The van der Waals surface area contributed by atoms with Gasteiger partial charge in [0.1, 0.15) is 0 Å². The average Bonchev–Trinajstić information content (AvgIpc) is 2.03. The number of carbonyl (C=O) groups is 2. The molecule has 0 atom stereocenters. The fourth-order valence-corrected chi connectivity index (χ4v) is 2.49. The van der Waals surface area contributed by atoms with Crippen molar-refractivity contribution in [3.8, 4) is 0 Å². The van der Waals surface area contributed by atoms with E-state index in [1.165, 1.54) is 12.8 Å². The van der Waals surface area contributed by atoms with Crippen LogP contribution in [0.15, 0.2) is 0 Å². The minimum atomic E-state index is -0.833. The Hall–Kier alpha value is -0.517. The summed E-state index contributed by atoms with van der Waals surface area (Å²) in [5.74, 6) is -1.67. The molecular weight excluding hydrogens is 257 g/mol. The Labute approximate surface area is 98.5 Å². The second-order valence-electron chi connectivity index (χ2n) is 2.79. The van der Waals surface area contributed by atoms with Gasteiger partial charge in [-0.2, -0.15) is 0 Å². The third-order valence-corrected chi connectivity index (χ3v) is 4.44. The number of hydrogen-bond acceptors (Lipinski definition) is 2. The number of carboxylic acids is 2. The van der Waals surface area contributed by atoms with Gasteiger partial charge in [-0.15, -0.1) is 0 Å². The molecule has 0 amide bonds. The summed E-state index contributed by atoms with van der Waals surface area (Å²) in [4.78, 5) is 18.0. The van der Waals surface area contributed by atoms with E-state index < -0.39 is 11.9 Å². The van der Waals surface area contributed by atoms with Crippen LogP contribution in [0, 0.1) is 0 Å². The van der Waals surface area contributed by atoms with Crippen LogP contribution in [0.25, 0.3) is 0 Å². The Morgan fingerprint density at radius 2 is 1.13 bits per heavy atom. The molecule has 0 saturated heterocycles. The van der Waals surface area contributed by atoms with Crippen molar-refractivity contribution in [2.45, 2.75) is 51.0 Å². The van der Waals surface area contributed by atoms with Crippen LogP contribution in [-0.4, -0.2) is 37.6 Å². The van der Waals surface area contributed by atoms with Crippen LogP contribution in [0.3, 0.4) is 0 Å². The van der Waals surface area contributed by atoms with E-state index in [2.05, 4.69) is 13.8 Å². The van der Waals surface area contributed by atoms with E-state index in [9.17, 15) is 0 Å². The van der Waals surface area contributed by atoms with E-state index in [4.69, 9.17) is 19.8 Å². The van der Waals surface area contributed by atoms with Crippen LogP contribution in [0.5, 0.6) is 0 Å². The molecule has 5 heteroatoms. The molecule has 0 saturated carbocycles. The molecule has 0 aromatic rings. The van der Waals surface area contributed by atoms with Crippen LogP contribution >= 0.6 is 0 Å². The first-order valence-electron chi connectivity index (χ1n) is 4.98. The van der Waals surface area contributed by atoms with E-state index in [0.29, 0.717) is 15.4 Å². The van der Waals surface area contributed by atoms with Crippen molar-refractivity contribution in [1.29, 1.82) is 0 Å². The summed E-state index contributed by atoms with van der Waals surface area (Å²) in [5.41, 5.74) is 0. The quantitative estimate of drug-likeness (QED) is 0.612. The van der Waals surface area contributed by atoms with E-state index in [1.54, 1.807) is 10.5 Å². The number of rotatable bonds is 4. The molecule has 0 aliphatic heterocycles. The SMILES string of the molecule is CC(=O)O.CC(=O)O.CC[CH2][Ge][CH2]CC. The molecule has 0 heterocycles. The molecule has 2 N–H and O–H groups in total. The summed E-state index contributed by atoms with van der Waals surface area (Å²) in [5, 5.41) is 17.9. The van der Waals surface area contributed by atoms with Gasteiger partial charge in [-0.1, -0.05) is 0 Å². The number of aliphatic carboxylic acids is 2. The summed E-state index contributed by atoms with van der Waals surface area (Å²) in [6.07, 6.45) is 2.83. The van der Waals surface area contributed by atoms with Gasteiger partial charge in [0, 0.05) is 13.8 Å². The fraction of sp³-hybridized carbons (Fsp3) is 0.800. The first-order valence-corrected chi connectivity index (χ1v) is 7.94. The molecule has 4 nitrogen and oxygen atoms in total. The van der Waals surface area contributed by atoms with Crippen molar-refractivity contribution < 1.29 is 19.8 Å². The topological polar surface area (TPSA) is 74.6 Å². The van der Waals surface area contributed by atoms with Crippen LogP contribution in [0.1, 0.15) is 40.5 Å².